The molecule has 1 saturated heterocycles. The fraction of sp³-hybridized carbons (Fsp3) is 0.250. The average Bonchev–Trinajstić information content (AvgIpc) is 2.66. The quantitative estimate of drug-likeness (QED) is 0.759. The third-order valence-electron chi connectivity index (χ3n) is 4.84. The van der Waals surface area contributed by atoms with E-state index in [1.54, 1.807) is 6.20 Å². The number of hydrogen-bond acceptors (Lipinski definition) is 3. The largest absolute Gasteiger partial charge is 0.505 e. The Morgan fingerprint density at radius 2 is 1.80 bits per heavy atom. The number of nitrogens with zero attached hydrogens (tertiary/aromatic N) is 1. The molecular formula is C20H20ClN2O2+. The Bertz CT molecular complexity index is 877. The predicted molar refractivity (Wildman–Crippen MR) is 98.2 cm³/mol. The summed E-state index contributed by atoms with van der Waals surface area (Å²) in [4.78, 5) is 5.75. The van der Waals surface area contributed by atoms with Gasteiger partial charge in [-0.05, 0) is 24.3 Å². The van der Waals surface area contributed by atoms with E-state index in [0.717, 1.165) is 42.8 Å². The summed E-state index contributed by atoms with van der Waals surface area (Å²) in [7, 11) is 0. The number of benzene rings is 2. The Balaban J connectivity index is 1.85. The molecule has 1 aromatic heterocycles. The van der Waals surface area contributed by atoms with Gasteiger partial charge in [0, 0.05) is 22.2 Å². The van der Waals surface area contributed by atoms with E-state index in [4.69, 9.17) is 16.3 Å². The van der Waals surface area contributed by atoms with Gasteiger partial charge in [-0.2, -0.15) is 0 Å². The van der Waals surface area contributed by atoms with Gasteiger partial charge in [-0.25, -0.2) is 0 Å². The number of aromatic nitrogens is 1. The van der Waals surface area contributed by atoms with E-state index in [1.807, 2.05) is 48.5 Å². The van der Waals surface area contributed by atoms with Gasteiger partial charge in [0.05, 0.1) is 18.8 Å². The Hall–Kier alpha value is -2.14. The summed E-state index contributed by atoms with van der Waals surface area (Å²) in [6.45, 7) is 3.25. The molecule has 1 atom stereocenters. The van der Waals surface area contributed by atoms with Crippen LogP contribution in [-0.2, 0) is 4.74 Å². The fourth-order valence-electron chi connectivity index (χ4n) is 3.59. The molecule has 25 heavy (non-hydrogen) atoms. The summed E-state index contributed by atoms with van der Waals surface area (Å²) >= 11 is 6.07. The van der Waals surface area contributed by atoms with Crippen molar-refractivity contribution in [1.82, 2.24) is 4.98 Å². The standard InChI is InChI=1S/C20H19ClN2O2/c21-16-6-3-15(4-7-16)19(23-10-12-25-13-11-23)17-8-5-14-2-1-9-22-18(14)20(17)24/h1-9,19,24H,10-13H2/p+1/t19-/m1/s1. The highest BCUT2D eigenvalue weighted by molar-refractivity contribution is 6.30. The van der Waals surface area contributed by atoms with Crippen LogP contribution < -0.4 is 4.90 Å². The molecule has 2 aromatic carbocycles. The van der Waals surface area contributed by atoms with Crippen LogP contribution in [0.2, 0.25) is 5.02 Å². The molecule has 0 radical (unpaired) electrons. The van der Waals surface area contributed by atoms with E-state index in [9.17, 15) is 5.11 Å². The molecule has 0 bridgehead atoms. The molecule has 0 spiro atoms. The Labute approximate surface area is 151 Å². The van der Waals surface area contributed by atoms with Crippen molar-refractivity contribution in [3.8, 4) is 5.75 Å². The number of rotatable bonds is 3. The second-order valence-corrected chi connectivity index (χ2v) is 6.77. The van der Waals surface area contributed by atoms with E-state index in [-0.39, 0.29) is 11.8 Å². The molecule has 3 aromatic rings. The van der Waals surface area contributed by atoms with Crippen molar-refractivity contribution in [2.45, 2.75) is 6.04 Å². The van der Waals surface area contributed by atoms with Gasteiger partial charge in [0.1, 0.15) is 24.6 Å². The zero-order valence-electron chi connectivity index (χ0n) is 13.8. The molecule has 0 aliphatic carbocycles. The van der Waals surface area contributed by atoms with Gasteiger partial charge >= 0.3 is 0 Å². The van der Waals surface area contributed by atoms with Crippen molar-refractivity contribution < 1.29 is 14.7 Å². The third-order valence-corrected chi connectivity index (χ3v) is 5.09. The summed E-state index contributed by atoms with van der Waals surface area (Å²) in [5.74, 6) is 0.261. The van der Waals surface area contributed by atoms with Crippen LogP contribution in [0.5, 0.6) is 5.75 Å². The lowest BCUT2D eigenvalue weighted by Crippen LogP contribution is -3.14. The first-order chi connectivity index (χ1) is 12.2. The van der Waals surface area contributed by atoms with Gasteiger partial charge < -0.3 is 14.7 Å². The first-order valence-corrected chi connectivity index (χ1v) is 8.86. The minimum atomic E-state index is 0.0209. The van der Waals surface area contributed by atoms with Crippen molar-refractivity contribution in [2.24, 2.45) is 0 Å². The molecule has 0 amide bonds. The zero-order valence-corrected chi connectivity index (χ0v) is 14.5. The molecule has 0 saturated carbocycles. The fourth-order valence-corrected chi connectivity index (χ4v) is 3.72. The smallest absolute Gasteiger partial charge is 0.151 e. The van der Waals surface area contributed by atoms with Crippen molar-refractivity contribution in [2.75, 3.05) is 26.3 Å². The Morgan fingerprint density at radius 1 is 1.04 bits per heavy atom. The van der Waals surface area contributed by atoms with Crippen LogP contribution in [-0.4, -0.2) is 36.4 Å². The summed E-state index contributed by atoms with van der Waals surface area (Å²) in [6, 6.07) is 15.8. The van der Waals surface area contributed by atoms with Gasteiger partial charge in [-0.3, -0.25) is 4.98 Å². The normalized spacial score (nSPS) is 16.8. The third kappa shape index (κ3) is 3.21. The number of aromatic hydroxyl groups is 1. The number of phenolic OH excluding ortho intramolecular Hbond substituents is 1. The molecule has 1 aliphatic rings. The minimum absolute atomic E-state index is 0.0209. The summed E-state index contributed by atoms with van der Waals surface area (Å²) < 4.78 is 5.52. The van der Waals surface area contributed by atoms with E-state index in [0.29, 0.717) is 10.5 Å². The van der Waals surface area contributed by atoms with Gasteiger partial charge in [0.15, 0.2) is 5.75 Å². The number of nitrogens with one attached hydrogen (secondary N) is 1. The number of morpholine rings is 1. The molecule has 0 unspecified atom stereocenters. The number of fused-ring (bicyclic) bond motifs is 1. The lowest BCUT2D eigenvalue weighted by Gasteiger charge is -2.32. The van der Waals surface area contributed by atoms with Crippen molar-refractivity contribution in [1.29, 1.82) is 0 Å². The highest BCUT2D eigenvalue weighted by Gasteiger charge is 2.30. The molecule has 2 N–H and O–H groups in total. The SMILES string of the molecule is Oc1c([C@@H](c2ccc(Cl)cc2)[NH+]2CCOCC2)ccc2cccnc12. The Morgan fingerprint density at radius 3 is 2.56 bits per heavy atom. The number of pyridine rings is 1. The maximum atomic E-state index is 10.9. The summed E-state index contributed by atoms with van der Waals surface area (Å²) in [5, 5.41) is 12.6. The number of phenols is 1. The molecule has 5 heteroatoms. The topological polar surface area (TPSA) is 46.8 Å². The second kappa shape index (κ2) is 7.00. The first kappa shape index (κ1) is 16.3. The van der Waals surface area contributed by atoms with Gasteiger partial charge in [-0.15, -0.1) is 0 Å². The lowest BCUT2D eigenvalue weighted by atomic mass is 9.94. The van der Waals surface area contributed by atoms with E-state index in [2.05, 4.69) is 4.98 Å². The Kier molecular flexibility index (Phi) is 4.57. The van der Waals surface area contributed by atoms with Gasteiger partial charge in [0.2, 0.25) is 0 Å². The monoisotopic (exact) mass is 355 g/mol. The summed E-state index contributed by atoms with van der Waals surface area (Å²) in [6.07, 6.45) is 1.71. The predicted octanol–water partition coefficient (Wildman–Crippen LogP) is 2.60. The van der Waals surface area contributed by atoms with E-state index >= 15 is 0 Å². The molecule has 128 valence electrons. The van der Waals surface area contributed by atoms with Crippen molar-refractivity contribution in [3.05, 3.63) is 70.9 Å². The maximum absolute atomic E-state index is 10.9. The van der Waals surface area contributed by atoms with Crippen LogP contribution in [0.25, 0.3) is 10.9 Å². The number of quaternary nitrogens is 1. The van der Waals surface area contributed by atoms with Crippen LogP contribution in [0.4, 0.5) is 0 Å². The van der Waals surface area contributed by atoms with Crippen LogP contribution in [0, 0.1) is 0 Å². The van der Waals surface area contributed by atoms with E-state index < -0.39 is 0 Å². The number of ether oxygens (including phenoxy) is 1. The molecule has 4 rings (SSSR count). The molecule has 1 fully saturated rings. The number of halogens is 1. The van der Waals surface area contributed by atoms with Gasteiger partial charge in [-0.1, -0.05) is 35.9 Å². The van der Waals surface area contributed by atoms with Crippen molar-refractivity contribution in [3.63, 3.8) is 0 Å². The molecule has 4 nitrogen and oxygen atoms in total. The molecule has 1 aliphatic heterocycles. The van der Waals surface area contributed by atoms with E-state index in [1.165, 1.54) is 4.90 Å². The number of hydrogen-bond donors (Lipinski definition) is 2. The maximum Gasteiger partial charge on any atom is 0.151 e. The second-order valence-electron chi connectivity index (χ2n) is 6.33. The van der Waals surface area contributed by atoms with Crippen molar-refractivity contribution >= 4 is 22.5 Å². The lowest BCUT2D eigenvalue weighted by molar-refractivity contribution is -0.933. The van der Waals surface area contributed by atoms with Crippen LogP contribution >= 0.6 is 11.6 Å². The first-order valence-electron chi connectivity index (χ1n) is 8.48. The van der Waals surface area contributed by atoms with Gasteiger partial charge in [0.25, 0.3) is 0 Å². The highest BCUT2D eigenvalue weighted by atomic mass is 35.5. The average molecular weight is 356 g/mol. The molecular weight excluding hydrogens is 336 g/mol. The van der Waals surface area contributed by atoms with Crippen LogP contribution in [0.1, 0.15) is 17.2 Å². The zero-order chi connectivity index (χ0) is 17.2. The van der Waals surface area contributed by atoms with Crippen LogP contribution in [0.15, 0.2) is 54.7 Å². The highest BCUT2D eigenvalue weighted by Crippen LogP contribution is 2.33. The van der Waals surface area contributed by atoms with Crippen LogP contribution in [0.3, 0.4) is 0 Å². The minimum Gasteiger partial charge on any atom is -0.505 e. The summed E-state index contributed by atoms with van der Waals surface area (Å²) in [5.41, 5.74) is 2.67. The molecule has 2 heterocycles.